The largest absolute Gasteiger partial charge is 0.366 e. The molecule has 0 spiro atoms. The van der Waals surface area contributed by atoms with Gasteiger partial charge in [-0.25, -0.2) is 4.39 Å². The Balaban J connectivity index is 4.32. The number of hydrogen-bond acceptors (Lipinski definition) is 3. The number of allylic oxidation sites excluding steroid dienone is 4. The molecule has 0 saturated carbocycles. The van der Waals surface area contributed by atoms with E-state index in [1.54, 1.807) is 6.21 Å². The molecule has 124 valence electrons. The molecule has 0 bridgehead atoms. The van der Waals surface area contributed by atoms with E-state index >= 15 is 0 Å². The molecular formula is C16H25BrFN2OP. The fraction of sp³-hybridized carbons (Fsp3) is 0.500. The number of nitrogens with zero attached hydrogens (tertiary/aromatic N) is 2. The zero-order valence-electron chi connectivity index (χ0n) is 13.3. The third kappa shape index (κ3) is 12.0. The second-order valence-electron chi connectivity index (χ2n) is 4.71. The molecule has 3 nitrogen and oxygen atoms in total. The van der Waals surface area contributed by atoms with Gasteiger partial charge in [-0.15, -0.1) is 0 Å². The van der Waals surface area contributed by atoms with Crippen LogP contribution in [-0.2, 0) is 4.74 Å². The fourth-order valence-electron chi connectivity index (χ4n) is 1.48. The van der Waals surface area contributed by atoms with E-state index in [0.29, 0.717) is 28.3 Å². The molecule has 22 heavy (non-hydrogen) atoms. The van der Waals surface area contributed by atoms with E-state index in [4.69, 9.17) is 4.74 Å². The molecule has 0 aliphatic heterocycles. The molecule has 0 fully saturated rings. The van der Waals surface area contributed by atoms with Crippen LogP contribution in [0.1, 0.15) is 6.92 Å². The first-order valence-electron chi connectivity index (χ1n) is 7.00. The number of hydrogen-bond donors (Lipinski definition) is 0. The Labute approximate surface area is 143 Å². The van der Waals surface area contributed by atoms with E-state index < -0.39 is 6.67 Å². The first-order chi connectivity index (χ1) is 10.5. The van der Waals surface area contributed by atoms with Gasteiger partial charge in [0.2, 0.25) is 0 Å². The van der Waals surface area contributed by atoms with E-state index in [0.717, 1.165) is 10.1 Å². The molecule has 0 aromatic carbocycles. The molecule has 0 heterocycles. The quantitative estimate of drug-likeness (QED) is 0.276. The Morgan fingerprint density at radius 2 is 2.18 bits per heavy atom. The minimum Gasteiger partial charge on any atom is -0.366 e. The first kappa shape index (κ1) is 21.4. The lowest BCUT2D eigenvalue weighted by Gasteiger charge is -2.10. The van der Waals surface area contributed by atoms with Gasteiger partial charge in [0.15, 0.2) is 0 Å². The summed E-state index contributed by atoms with van der Waals surface area (Å²) in [7, 11) is 0.439. The predicted octanol–water partition coefficient (Wildman–Crippen LogP) is 4.41. The van der Waals surface area contributed by atoms with Gasteiger partial charge in [-0.05, 0) is 26.4 Å². The van der Waals surface area contributed by atoms with Crippen molar-refractivity contribution in [2.24, 2.45) is 15.9 Å². The van der Waals surface area contributed by atoms with Crippen molar-refractivity contribution in [3.63, 3.8) is 0 Å². The highest BCUT2D eigenvalue weighted by atomic mass is 79.9. The highest BCUT2D eigenvalue weighted by Gasteiger charge is 2.04. The van der Waals surface area contributed by atoms with Crippen molar-refractivity contribution in [1.82, 2.24) is 0 Å². The summed E-state index contributed by atoms with van der Waals surface area (Å²) in [6.45, 7) is 12.3. The maximum absolute atomic E-state index is 12.5. The number of ether oxygens (including phenoxy) is 1. The predicted molar refractivity (Wildman–Crippen MR) is 102 cm³/mol. The second-order valence-corrected chi connectivity index (χ2v) is 6.85. The van der Waals surface area contributed by atoms with Gasteiger partial charge >= 0.3 is 0 Å². The summed E-state index contributed by atoms with van der Waals surface area (Å²) in [6, 6.07) is 0. The Hall–Kier alpha value is -0.640. The van der Waals surface area contributed by atoms with Gasteiger partial charge < -0.3 is 9.73 Å². The molecule has 0 rings (SSSR count). The molecular weight excluding hydrogens is 366 g/mol. The van der Waals surface area contributed by atoms with Crippen LogP contribution in [0.5, 0.6) is 0 Å². The molecule has 3 atom stereocenters. The van der Waals surface area contributed by atoms with Crippen LogP contribution >= 0.6 is 24.5 Å². The summed E-state index contributed by atoms with van der Waals surface area (Å²) in [6.07, 6.45) is 7.63. The lowest BCUT2D eigenvalue weighted by atomic mass is 10.1. The van der Waals surface area contributed by atoms with Crippen LogP contribution in [0.2, 0.25) is 0 Å². The summed E-state index contributed by atoms with van der Waals surface area (Å²) in [5.74, 6) is -0.134. The third-order valence-corrected chi connectivity index (χ3v) is 4.04. The van der Waals surface area contributed by atoms with Gasteiger partial charge in [-0.2, -0.15) is 0 Å². The Morgan fingerprint density at radius 1 is 1.45 bits per heavy atom. The number of alkyl halides is 1. The van der Waals surface area contributed by atoms with Crippen molar-refractivity contribution in [3.05, 3.63) is 34.9 Å². The maximum atomic E-state index is 12.5. The summed E-state index contributed by atoms with van der Waals surface area (Å²) in [4.78, 5) is 8.23. The zero-order chi connectivity index (χ0) is 16.8. The molecule has 0 aliphatic carbocycles. The molecule has 0 aromatic rings. The van der Waals surface area contributed by atoms with E-state index in [1.165, 1.54) is 0 Å². The molecule has 0 aliphatic rings. The van der Waals surface area contributed by atoms with Crippen LogP contribution in [0.3, 0.4) is 0 Å². The Kier molecular flexibility index (Phi) is 13.6. The second kappa shape index (κ2) is 14.0. The Morgan fingerprint density at radius 3 is 2.73 bits per heavy atom. The lowest BCUT2D eigenvalue weighted by molar-refractivity contribution is 0.125. The SMILES string of the molecule is C=NCC(C=C/C(Br)=C\C(=C)C)C/N=C\COC(CF)PC. The van der Waals surface area contributed by atoms with Gasteiger partial charge in [0.05, 0.1) is 6.61 Å². The van der Waals surface area contributed by atoms with Gasteiger partial charge in [0.25, 0.3) is 0 Å². The van der Waals surface area contributed by atoms with Crippen LogP contribution in [-0.4, -0.2) is 51.8 Å². The van der Waals surface area contributed by atoms with Crippen LogP contribution in [0.25, 0.3) is 0 Å². The van der Waals surface area contributed by atoms with Crippen LogP contribution in [0.4, 0.5) is 4.39 Å². The van der Waals surface area contributed by atoms with Crippen LogP contribution in [0.15, 0.2) is 44.8 Å². The van der Waals surface area contributed by atoms with Crippen molar-refractivity contribution in [3.8, 4) is 0 Å². The normalized spacial score (nSPS) is 15.9. The lowest BCUT2D eigenvalue weighted by Crippen LogP contribution is -2.11. The van der Waals surface area contributed by atoms with Gasteiger partial charge in [-0.3, -0.25) is 4.99 Å². The van der Waals surface area contributed by atoms with E-state index in [9.17, 15) is 4.39 Å². The minimum atomic E-state index is -0.447. The van der Waals surface area contributed by atoms with Crippen molar-refractivity contribution in [2.75, 3.05) is 33.0 Å². The summed E-state index contributed by atoms with van der Waals surface area (Å²) >= 11 is 3.46. The maximum Gasteiger partial charge on any atom is 0.119 e. The number of halogens is 2. The molecule has 6 heteroatoms. The van der Waals surface area contributed by atoms with E-state index in [1.807, 2.05) is 31.8 Å². The minimum absolute atomic E-state index is 0.171. The van der Waals surface area contributed by atoms with Gasteiger partial charge in [0, 0.05) is 29.7 Å². The average molecular weight is 391 g/mol. The van der Waals surface area contributed by atoms with Crippen molar-refractivity contribution < 1.29 is 9.13 Å². The number of rotatable bonds is 12. The molecule has 0 saturated heterocycles. The van der Waals surface area contributed by atoms with E-state index in [2.05, 4.69) is 39.2 Å². The van der Waals surface area contributed by atoms with Crippen LogP contribution < -0.4 is 0 Å². The average Bonchev–Trinajstić information content (AvgIpc) is 2.47. The third-order valence-electron chi connectivity index (χ3n) is 2.58. The summed E-state index contributed by atoms with van der Waals surface area (Å²) in [5.41, 5.74) is 0.976. The van der Waals surface area contributed by atoms with Crippen LogP contribution in [0, 0.1) is 5.92 Å². The monoisotopic (exact) mass is 390 g/mol. The topological polar surface area (TPSA) is 34.0 Å². The van der Waals surface area contributed by atoms with Gasteiger partial charge in [-0.1, -0.05) is 48.8 Å². The highest BCUT2D eigenvalue weighted by molar-refractivity contribution is 9.11. The molecule has 3 unspecified atom stereocenters. The van der Waals surface area contributed by atoms with Crippen molar-refractivity contribution in [1.29, 1.82) is 0 Å². The van der Waals surface area contributed by atoms with Crippen molar-refractivity contribution in [2.45, 2.75) is 12.8 Å². The standard InChI is InChI=1S/C16H25BrFN2OP/c1-13(2)9-15(17)6-5-14(11-19-3)12-20-7-8-21-16(10-18)22-4/h5-7,9,14,16,22H,1,3,8,10-12H2,2,4H3/b6-5?,15-9+,20-7-. The molecule has 0 radical (unpaired) electrons. The molecule has 0 amide bonds. The summed E-state index contributed by atoms with van der Waals surface area (Å²) < 4.78 is 18.7. The summed E-state index contributed by atoms with van der Waals surface area (Å²) in [5, 5.41) is 0. The van der Waals surface area contributed by atoms with Crippen molar-refractivity contribution >= 4 is 37.4 Å². The Bertz CT molecular complexity index is 420. The van der Waals surface area contributed by atoms with Gasteiger partial charge in [0.1, 0.15) is 12.5 Å². The fourth-order valence-corrected chi connectivity index (χ4v) is 2.44. The number of aliphatic imine (C=N–C) groups is 2. The van der Waals surface area contributed by atoms with E-state index in [-0.39, 0.29) is 11.8 Å². The zero-order valence-corrected chi connectivity index (χ0v) is 15.9. The molecule has 0 aromatic heterocycles. The molecule has 0 N–H and O–H groups in total. The highest BCUT2D eigenvalue weighted by Crippen LogP contribution is 2.15. The first-order valence-corrected chi connectivity index (χ1v) is 9.37. The smallest absolute Gasteiger partial charge is 0.119 e.